The minimum Gasteiger partial charge on any atom is -0.354 e. The Morgan fingerprint density at radius 2 is 1.85 bits per heavy atom. The maximum absolute atomic E-state index is 13.5. The summed E-state index contributed by atoms with van der Waals surface area (Å²) in [5.41, 5.74) is 0. The van der Waals surface area contributed by atoms with Gasteiger partial charge in [0.15, 0.2) is 9.84 Å². The van der Waals surface area contributed by atoms with Crippen molar-refractivity contribution in [1.82, 2.24) is 14.9 Å². The van der Waals surface area contributed by atoms with Gasteiger partial charge in [0.25, 0.3) is 5.91 Å². The molecule has 2 aromatic carbocycles. The summed E-state index contributed by atoms with van der Waals surface area (Å²) in [6.07, 6.45) is 0.434. The number of hydrogen-bond acceptors (Lipinski definition) is 7. The molecule has 2 atom stereocenters. The molecule has 2 amide bonds. The third kappa shape index (κ3) is 7.79. The van der Waals surface area contributed by atoms with Crippen LogP contribution < -0.4 is 10.6 Å². The van der Waals surface area contributed by atoms with Gasteiger partial charge in [0, 0.05) is 28.9 Å². The van der Waals surface area contributed by atoms with Gasteiger partial charge in [0.05, 0.1) is 21.4 Å². The minimum atomic E-state index is -4.14. The highest BCUT2D eigenvalue weighted by Gasteiger charge is 2.39. The second kappa shape index (κ2) is 13.0. The van der Waals surface area contributed by atoms with E-state index in [9.17, 15) is 26.4 Å². The maximum atomic E-state index is 13.5. The van der Waals surface area contributed by atoms with E-state index in [1.807, 2.05) is 38.1 Å². The molecule has 1 saturated heterocycles. The van der Waals surface area contributed by atoms with Crippen LogP contribution in [-0.2, 0) is 24.7 Å². The molecule has 0 aliphatic carbocycles. The van der Waals surface area contributed by atoms with Crippen molar-refractivity contribution in [2.45, 2.75) is 43.7 Å². The summed E-state index contributed by atoms with van der Waals surface area (Å²) in [4.78, 5) is 26.5. The number of carbonyl (C=O) groups is 2. The first-order valence-corrected chi connectivity index (χ1v) is 17.8. The molecule has 14 heteroatoms. The third-order valence-electron chi connectivity index (χ3n) is 6.71. The number of fused-ring (bicyclic) bond motifs is 1. The van der Waals surface area contributed by atoms with Crippen LogP contribution in [0.2, 0.25) is 10.0 Å². The van der Waals surface area contributed by atoms with E-state index in [2.05, 4.69) is 10.6 Å². The molecule has 9 nitrogen and oxygen atoms in total. The zero-order valence-corrected chi connectivity index (χ0v) is 26.4. The second-order valence-electron chi connectivity index (χ2n) is 10.3. The highest BCUT2D eigenvalue weighted by molar-refractivity contribution is 7.92. The number of hydrogen-bond donors (Lipinski definition) is 2. The lowest BCUT2D eigenvalue weighted by molar-refractivity contribution is -0.123. The number of nitrogens with zero attached hydrogens (tertiary/aromatic N) is 1. The number of benzene rings is 2. The van der Waals surface area contributed by atoms with Gasteiger partial charge in [-0.05, 0) is 54.5 Å². The van der Waals surface area contributed by atoms with Gasteiger partial charge in [-0.2, -0.15) is 4.31 Å². The van der Waals surface area contributed by atoms with Gasteiger partial charge < -0.3 is 10.6 Å². The summed E-state index contributed by atoms with van der Waals surface area (Å²) in [5, 5.41) is 6.73. The summed E-state index contributed by atoms with van der Waals surface area (Å²) in [7, 11) is -7.63. The molecule has 1 aliphatic heterocycles. The van der Waals surface area contributed by atoms with Gasteiger partial charge in [-0.25, -0.2) is 16.8 Å². The molecular formula is C27H31Cl2N3O6S3. The van der Waals surface area contributed by atoms with E-state index in [1.165, 1.54) is 29.5 Å². The first-order valence-electron chi connectivity index (χ1n) is 13.0. The summed E-state index contributed by atoms with van der Waals surface area (Å²) < 4.78 is 53.9. The monoisotopic (exact) mass is 659 g/mol. The van der Waals surface area contributed by atoms with Crippen LogP contribution in [0.3, 0.4) is 0 Å². The van der Waals surface area contributed by atoms with E-state index >= 15 is 0 Å². The van der Waals surface area contributed by atoms with E-state index < -0.39 is 37.9 Å². The van der Waals surface area contributed by atoms with E-state index in [1.54, 1.807) is 6.07 Å². The van der Waals surface area contributed by atoms with Crippen LogP contribution in [-0.4, -0.2) is 69.6 Å². The summed E-state index contributed by atoms with van der Waals surface area (Å²) in [6, 6.07) is 11.7. The zero-order chi connectivity index (χ0) is 29.9. The average Bonchev–Trinajstić information content (AvgIpc) is 3.32. The van der Waals surface area contributed by atoms with Gasteiger partial charge in [-0.1, -0.05) is 55.2 Å². The molecule has 222 valence electrons. The van der Waals surface area contributed by atoms with Crippen LogP contribution in [0, 0.1) is 5.92 Å². The highest BCUT2D eigenvalue weighted by atomic mass is 35.5. The topological polar surface area (TPSA) is 130 Å². The number of thiophene rings is 1. The fraction of sp³-hybridized carbons (Fsp3) is 0.407. The Morgan fingerprint density at radius 3 is 2.54 bits per heavy atom. The number of sulfone groups is 1. The number of rotatable bonds is 10. The Bertz CT molecular complexity index is 1620. The Balaban J connectivity index is 1.45. The first-order chi connectivity index (χ1) is 19.3. The molecule has 41 heavy (non-hydrogen) atoms. The maximum Gasteiger partial charge on any atom is 0.262 e. The van der Waals surface area contributed by atoms with E-state index in [-0.39, 0.29) is 57.8 Å². The lowest BCUT2D eigenvalue weighted by Gasteiger charge is -2.34. The highest BCUT2D eigenvalue weighted by Crippen LogP contribution is 2.31. The zero-order valence-electron chi connectivity index (χ0n) is 22.5. The molecule has 0 bridgehead atoms. The Hall–Kier alpha value is -2.22. The number of amides is 2. The molecule has 0 spiro atoms. The summed E-state index contributed by atoms with van der Waals surface area (Å²) in [5.74, 6) is -1.39. The number of nitrogens with one attached hydrogen (secondary N) is 2. The number of carbonyl (C=O) groups excluding carboxylic acids is 2. The van der Waals surface area contributed by atoms with Crippen molar-refractivity contribution < 1.29 is 26.4 Å². The van der Waals surface area contributed by atoms with Crippen LogP contribution in [0.25, 0.3) is 10.1 Å². The molecule has 3 aromatic rings. The Kier molecular flexibility index (Phi) is 10.0. The SMILES string of the molecule is CC(C)C[C@H](NC(=O)c1cc2ccccc2s1)C(=O)NCCC1CS(=O)(=O)CCN1S(=O)(=O)c1ccc(Cl)cc1Cl. The predicted octanol–water partition coefficient (Wildman–Crippen LogP) is 4.35. The standard InChI is InChI=1S/C27H31Cl2N3O6S3/c1-17(2)13-22(31-27(34)24-14-18-5-3-4-6-23(18)39-24)26(33)30-10-9-20-16-40(35,36)12-11-32(20)41(37,38)25-8-7-19(28)15-21(25)29/h3-8,14-15,17,20,22H,9-13,16H2,1-2H3,(H,30,33)(H,31,34)/t20?,22-/m0/s1. The van der Waals surface area contributed by atoms with Gasteiger partial charge >= 0.3 is 0 Å². The average molecular weight is 661 g/mol. The fourth-order valence-corrected chi connectivity index (χ4v) is 9.89. The van der Waals surface area contributed by atoms with Crippen molar-refractivity contribution in [2.75, 3.05) is 24.6 Å². The molecule has 1 unspecified atom stereocenters. The van der Waals surface area contributed by atoms with Crippen molar-refractivity contribution in [2.24, 2.45) is 5.92 Å². The molecule has 0 radical (unpaired) electrons. The van der Waals surface area contributed by atoms with Crippen molar-refractivity contribution >= 4 is 76.3 Å². The Morgan fingerprint density at radius 1 is 1.12 bits per heavy atom. The quantitative estimate of drug-likeness (QED) is 0.333. The van der Waals surface area contributed by atoms with Gasteiger partial charge in [0.2, 0.25) is 15.9 Å². The normalized spacial score (nSPS) is 18.3. The van der Waals surface area contributed by atoms with Gasteiger partial charge in [-0.15, -0.1) is 11.3 Å². The number of sulfonamides is 1. The van der Waals surface area contributed by atoms with Crippen LogP contribution in [0.1, 0.15) is 36.4 Å². The van der Waals surface area contributed by atoms with Crippen LogP contribution in [0.5, 0.6) is 0 Å². The van der Waals surface area contributed by atoms with Crippen LogP contribution in [0.15, 0.2) is 53.4 Å². The summed E-state index contributed by atoms with van der Waals surface area (Å²) >= 11 is 13.4. The number of halogens is 2. The van der Waals surface area contributed by atoms with Gasteiger partial charge in [-0.3, -0.25) is 9.59 Å². The fourth-order valence-electron chi connectivity index (χ4n) is 4.74. The van der Waals surface area contributed by atoms with E-state index in [0.29, 0.717) is 11.3 Å². The van der Waals surface area contributed by atoms with Crippen molar-refractivity contribution in [1.29, 1.82) is 0 Å². The second-order valence-corrected chi connectivity index (χ2v) is 16.4. The molecule has 2 N–H and O–H groups in total. The Labute approximate surface area is 254 Å². The van der Waals surface area contributed by atoms with Crippen LogP contribution >= 0.6 is 34.5 Å². The molecular weight excluding hydrogens is 629 g/mol. The van der Waals surface area contributed by atoms with Crippen molar-refractivity contribution in [3.8, 4) is 0 Å². The minimum absolute atomic E-state index is 0.00669. The largest absolute Gasteiger partial charge is 0.354 e. The molecule has 1 aromatic heterocycles. The van der Waals surface area contributed by atoms with Crippen molar-refractivity contribution in [3.05, 3.63) is 63.5 Å². The van der Waals surface area contributed by atoms with Crippen molar-refractivity contribution in [3.63, 3.8) is 0 Å². The van der Waals surface area contributed by atoms with Crippen LogP contribution in [0.4, 0.5) is 0 Å². The smallest absolute Gasteiger partial charge is 0.262 e. The van der Waals surface area contributed by atoms with E-state index in [0.717, 1.165) is 14.4 Å². The molecule has 1 fully saturated rings. The molecule has 2 heterocycles. The van der Waals surface area contributed by atoms with Gasteiger partial charge in [0.1, 0.15) is 10.9 Å². The summed E-state index contributed by atoms with van der Waals surface area (Å²) in [6.45, 7) is 3.64. The van der Waals surface area contributed by atoms with E-state index in [4.69, 9.17) is 23.2 Å². The third-order valence-corrected chi connectivity index (χ3v) is 12.2. The molecule has 0 saturated carbocycles. The lowest BCUT2D eigenvalue weighted by Crippen LogP contribution is -2.53. The molecule has 4 rings (SSSR count). The lowest BCUT2D eigenvalue weighted by atomic mass is 10.0. The molecule has 1 aliphatic rings. The first kappa shape index (κ1) is 31.7. The predicted molar refractivity (Wildman–Crippen MR) is 163 cm³/mol.